The van der Waals surface area contributed by atoms with Gasteiger partial charge in [0.05, 0.1) is 6.42 Å². The lowest BCUT2D eigenvalue weighted by molar-refractivity contribution is -0.115. The molecule has 0 saturated heterocycles. The van der Waals surface area contributed by atoms with Crippen molar-refractivity contribution in [2.45, 2.75) is 13.0 Å². The van der Waals surface area contributed by atoms with Crippen molar-refractivity contribution in [1.29, 1.82) is 0 Å². The van der Waals surface area contributed by atoms with Crippen molar-refractivity contribution in [2.75, 3.05) is 12.4 Å². The van der Waals surface area contributed by atoms with Crippen LogP contribution in [0.4, 0.5) is 14.5 Å². The van der Waals surface area contributed by atoms with Crippen LogP contribution in [0, 0.1) is 11.6 Å². The van der Waals surface area contributed by atoms with E-state index in [1.54, 1.807) is 19.2 Å². The number of amides is 1. The first-order valence-corrected chi connectivity index (χ1v) is 6.57. The molecule has 0 aliphatic rings. The summed E-state index contributed by atoms with van der Waals surface area (Å²) in [6.07, 6.45) is -0.211. The highest BCUT2D eigenvalue weighted by atomic mass is 19.2. The zero-order valence-electron chi connectivity index (χ0n) is 11.6. The highest BCUT2D eigenvalue weighted by Crippen LogP contribution is 2.16. The highest BCUT2D eigenvalue weighted by Gasteiger charge is 2.12. The number of hydrogen-bond donors (Lipinski definition) is 2. The Hall–Kier alpha value is -2.27. The molecular weight excluding hydrogens is 274 g/mol. The summed E-state index contributed by atoms with van der Waals surface area (Å²) in [6, 6.07) is 11.1. The van der Waals surface area contributed by atoms with E-state index in [2.05, 4.69) is 10.6 Å². The second-order valence-corrected chi connectivity index (χ2v) is 4.63. The van der Waals surface area contributed by atoms with E-state index in [0.717, 1.165) is 11.6 Å². The lowest BCUT2D eigenvalue weighted by Crippen LogP contribution is -2.17. The molecule has 0 atom stereocenters. The van der Waals surface area contributed by atoms with Crippen LogP contribution in [0.3, 0.4) is 0 Å². The average molecular weight is 290 g/mol. The van der Waals surface area contributed by atoms with Crippen molar-refractivity contribution in [1.82, 2.24) is 5.32 Å². The van der Waals surface area contributed by atoms with Crippen LogP contribution in [0.2, 0.25) is 0 Å². The van der Waals surface area contributed by atoms with E-state index in [1.807, 2.05) is 12.1 Å². The molecule has 2 N–H and O–H groups in total. The standard InChI is InChI=1S/C16H16F2N2O/c1-19-10-12-5-2-3-8-14(12)20-15(21)9-11-6-4-7-13(17)16(11)18/h2-8,19H,9-10H2,1H3,(H,20,21). The van der Waals surface area contributed by atoms with E-state index in [1.165, 1.54) is 12.1 Å². The van der Waals surface area contributed by atoms with E-state index in [9.17, 15) is 13.6 Å². The Balaban J connectivity index is 2.10. The zero-order chi connectivity index (χ0) is 15.2. The Morgan fingerprint density at radius 2 is 1.76 bits per heavy atom. The first kappa shape index (κ1) is 15.1. The summed E-state index contributed by atoms with van der Waals surface area (Å²) in [5, 5.41) is 5.73. The van der Waals surface area contributed by atoms with Crippen LogP contribution in [0.25, 0.3) is 0 Å². The summed E-state index contributed by atoms with van der Waals surface area (Å²) in [7, 11) is 1.81. The fraction of sp³-hybridized carbons (Fsp3) is 0.188. The minimum absolute atomic E-state index is 0.0404. The first-order valence-electron chi connectivity index (χ1n) is 6.57. The van der Waals surface area contributed by atoms with Crippen LogP contribution in [0.5, 0.6) is 0 Å². The zero-order valence-corrected chi connectivity index (χ0v) is 11.6. The largest absolute Gasteiger partial charge is 0.325 e. The van der Waals surface area contributed by atoms with Gasteiger partial charge in [-0.1, -0.05) is 30.3 Å². The summed E-state index contributed by atoms with van der Waals surface area (Å²) in [5.41, 5.74) is 1.63. The lowest BCUT2D eigenvalue weighted by Gasteiger charge is -2.11. The Kier molecular flexibility index (Phi) is 5.00. The van der Waals surface area contributed by atoms with Crippen LogP contribution < -0.4 is 10.6 Å². The van der Waals surface area contributed by atoms with Gasteiger partial charge in [0.25, 0.3) is 0 Å². The van der Waals surface area contributed by atoms with Crippen LogP contribution >= 0.6 is 0 Å². The topological polar surface area (TPSA) is 41.1 Å². The minimum Gasteiger partial charge on any atom is -0.325 e. The first-order chi connectivity index (χ1) is 10.1. The number of hydrogen-bond acceptors (Lipinski definition) is 2. The molecule has 21 heavy (non-hydrogen) atoms. The third-order valence-electron chi connectivity index (χ3n) is 3.04. The van der Waals surface area contributed by atoms with Gasteiger partial charge in [-0.3, -0.25) is 4.79 Å². The van der Waals surface area contributed by atoms with Crippen LogP contribution in [-0.4, -0.2) is 13.0 Å². The van der Waals surface area contributed by atoms with Gasteiger partial charge in [-0.2, -0.15) is 0 Å². The van der Waals surface area contributed by atoms with Crippen LogP contribution in [0.1, 0.15) is 11.1 Å². The molecule has 0 bridgehead atoms. The summed E-state index contributed by atoms with van der Waals surface area (Å²) in [6.45, 7) is 0.602. The fourth-order valence-corrected chi connectivity index (χ4v) is 2.04. The van der Waals surface area contributed by atoms with E-state index in [0.29, 0.717) is 12.2 Å². The van der Waals surface area contributed by atoms with E-state index in [-0.39, 0.29) is 17.9 Å². The summed E-state index contributed by atoms with van der Waals surface area (Å²) >= 11 is 0. The molecular formula is C16H16F2N2O. The van der Waals surface area contributed by atoms with Crippen molar-refractivity contribution in [3.8, 4) is 0 Å². The molecule has 0 aliphatic heterocycles. The predicted molar refractivity (Wildman–Crippen MR) is 77.9 cm³/mol. The number of carbonyl (C=O) groups is 1. The number of anilines is 1. The Morgan fingerprint density at radius 1 is 1.05 bits per heavy atom. The van der Waals surface area contributed by atoms with Crippen LogP contribution in [0.15, 0.2) is 42.5 Å². The number of benzene rings is 2. The predicted octanol–water partition coefficient (Wildman–Crippen LogP) is 2.87. The summed E-state index contributed by atoms with van der Waals surface area (Å²) < 4.78 is 26.6. The van der Waals surface area contributed by atoms with E-state index in [4.69, 9.17) is 0 Å². The molecule has 0 spiro atoms. The van der Waals surface area contributed by atoms with Gasteiger partial charge < -0.3 is 10.6 Å². The third-order valence-corrected chi connectivity index (χ3v) is 3.04. The number of nitrogens with one attached hydrogen (secondary N) is 2. The van der Waals surface area contributed by atoms with Gasteiger partial charge in [0, 0.05) is 17.8 Å². The maximum Gasteiger partial charge on any atom is 0.228 e. The number of halogens is 2. The third kappa shape index (κ3) is 3.86. The van der Waals surface area contributed by atoms with Gasteiger partial charge in [0.15, 0.2) is 11.6 Å². The summed E-state index contributed by atoms with van der Waals surface area (Å²) in [4.78, 5) is 12.0. The molecule has 0 aromatic heterocycles. The molecule has 5 heteroatoms. The lowest BCUT2D eigenvalue weighted by atomic mass is 10.1. The van der Waals surface area contributed by atoms with Crippen molar-refractivity contribution < 1.29 is 13.6 Å². The van der Waals surface area contributed by atoms with Gasteiger partial charge in [-0.25, -0.2) is 8.78 Å². The average Bonchev–Trinajstić information content (AvgIpc) is 2.46. The molecule has 0 saturated carbocycles. The molecule has 110 valence electrons. The van der Waals surface area contributed by atoms with Crippen molar-refractivity contribution in [3.05, 3.63) is 65.2 Å². The van der Waals surface area contributed by atoms with E-state index < -0.39 is 11.6 Å². The normalized spacial score (nSPS) is 10.4. The molecule has 2 rings (SSSR count). The Bertz CT molecular complexity index is 644. The van der Waals surface area contributed by atoms with Crippen molar-refractivity contribution >= 4 is 11.6 Å². The maximum atomic E-state index is 13.5. The number of rotatable bonds is 5. The molecule has 2 aromatic carbocycles. The van der Waals surface area contributed by atoms with Crippen LogP contribution in [-0.2, 0) is 17.8 Å². The summed E-state index contributed by atoms with van der Waals surface area (Å²) in [5.74, 6) is -2.31. The molecule has 0 radical (unpaired) electrons. The smallest absolute Gasteiger partial charge is 0.228 e. The molecule has 0 aliphatic carbocycles. The van der Waals surface area contributed by atoms with Crippen molar-refractivity contribution in [2.24, 2.45) is 0 Å². The monoisotopic (exact) mass is 290 g/mol. The van der Waals surface area contributed by atoms with Crippen molar-refractivity contribution in [3.63, 3.8) is 0 Å². The minimum atomic E-state index is -0.976. The molecule has 1 amide bonds. The second-order valence-electron chi connectivity index (χ2n) is 4.63. The van der Waals surface area contributed by atoms with Gasteiger partial charge in [-0.15, -0.1) is 0 Å². The molecule has 2 aromatic rings. The quantitative estimate of drug-likeness (QED) is 0.889. The molecule has 0 unspecified atom stereocenters. The molecule has 0 heterocycles. The Labute approximate surface area is 122 Å². The van der Waals surface area contributed by atoms with Gasteiger partial charge in [0.2, 0.25) is 5.91 Å². The fourth-order valence-electron chi connectivity index (χ4n) is 2.04. The number of carbonyl (C=O) groups excluding carboxylic acids is 1. The Morgan fingerprint density at radius 3 is 2.52 bits per heavy atom. The van der Waals surface area contributed by atoms with Gasteiger partial charge in [-0.05, 0) is 24.7 Å². The SMILES string of the molecule is CNCc1ccccc1NC(=O)Cc1cccc(F)c1F. The maximum absolute atomic E-state index is 13.5. The number of para-hydroxylation sites is 1. The van der Waals surface area contributed by atoms with E-state index >= 15 is 0 Å². The highest BCUT2D eigenvalue weighted by molar-refractivity contribution is 5.93. The van der Waals surface area contributed by atoms with Gasteiger partial charge >= 0.3 is 0 Å². The molecule has 0 fully saturated rings. The molecule has 3 nitrogen and oxygen atoms in total. The van der Waals surface area contributed by atoms with Gasteiger partial charge in [0.1, 0.15) is 0 Å². The second kappa shape index (κ2) is 6.95.